The maximum atomic E-state index is 13.3. The maximum absolute atomic E-state index is 13.3. The Morgan fingerprint density at radius 3 is 2.52 bits per heavy atom. The SMILES string of the molecule is C=NC1=C(SC)C(CC)(c2ccccc2)C2=C(N1)C(C)CC(C)C2=O. The molecule has 0 bridgehead atoms. The molecule has 0 fully saturated rings. The lowest BCUT2D eigenvalue weighted by atomic mass is 9.63. The summed E-state index contributed by atoms with van der Waals surface area (Å²) in [6.45, 7) is 10.2. The number of ketones is 1. The minimum atomic E-state index is -0.447. The van der Waals surface area contributed by atoms with Crippen molar-refractivity contribution >= 4 is 24.3 Å². The molecule has 1 N–H and O–H groups in total. The largest absolute Gasteiger partial charge is 0.342 e. The molecule has 1 aromatic rings. The second-order valence-electron chi connectivity index (χ2n) is 6.98. The van der Waals surface area contributed by atoms with Crippen LogP contribution in [0.1, 0.15) is 39.2 Å². The van der Waals surface area contributed by atoms with Crippen molar-refractivity contribution in [1.82, 2.24) is 5.32 Å². The molecule has 0 amide bonds. The van der Waals surface area contributed by atoms with Gasteiger partial charge in [0.25, 0.3) is 0 Å². The van der Waals surface area contributed by atoms with E-state index in [1.165, 1.54) is 0 Å². The Kier molecular flexibility index (Phi) is 4.92. The van der Waals surface area contributed by atoms with Gasteiger partial charge in [0.2, 0.25) is 0 Å². The van der Waals surface area contributed by atoms with Crippen LogP contribution in [0.4, 0.5) is 0 Å². The summed E-state index contributed by atoms with van der Waals surface area (Å²) in [5.41, 5.74) is 2.68. The summed E-state index contributed by atoms with van der Waals surface area (Å²) >= 11 is 1.66. The molecule has 0 saturated carbocycles. The van der Waals surface area contributed by atoms with Gasteiger partial charge in [0.05, 0.1) is 5.41 Å². The first-order chi connectivity index (χ1) is 12.0. The normalized spacial score (nSPS) is 29.4. The van der Waals surface area contributed by atoms with Crippen LogP contribution in [0, 0.1) is 11.8 Å². The van der Waals surface area contributed by atoms with E-state index < -0.39 is 5.41 Å². The summed E-state index contributed by atoms with van der Waals surface area (Å²) in [6, 6.07) is 10.4. The topological polar surface area (TPSA) is 41.5 Å². The molecule has 0 radical (unpaired) electrons. The Balaban J connectivity index is 2.38. The summed E-state index contributed by atoms with van der Waals surface area (Å²) < 4.78 is 0. The number of nitrogens with zero attached hydrogens (tertiary/aromatic N) is 1. The van der Waals surface area contributed by atoms with E-state index in [2.05, 4.69) is 56.2 Å². The fourth-order valence-electron chi connectivity index (χ4n) is 4.43. The van der Waals surface area contributed by atoms with Crippen molar-refractivity contribution in [3.63, 3.8) is 0 Å². The molecule has 25 heavy (non-hydrogen) atoms. The molecular formula is C21H26N2OS. The Bertz CT molecular complexity index is 765. The molecule has 3 unspecified atom stereocenters. The molecule has 1 aromatic carbocycles. The first kappa shape index (κ1) is 18.0. The Labute approximate surface area is 154 Å². The average molecular weight is 355 g/mol. The highest BCUT2D eigenvalue weighted by atomic mass is 32.2. The fraction of sp³-hybridized carbons (Fsp3) is 0.429. The summed E-state index contributed by atoms with van der Waals surface area (Å²) in [5, 5.41) is 3.45. The highest BCUT2D eigenvalue weighted by molar-refractivity contribution is 8.02. The number of aliphatic imine (C=N–C) groups is 1. The highest BCUT2D eigenvalue weighted by Crippen LogP contribution is 2.54. The number of nitrogens with one attached hydrogen (secondary N) is 1. The van der Waals surface area contributed by atoms with Gasteiger partial charge in [0, 0.05) is 22.1 Å². The van der Waals surface area contributed by atoms with E-state index in [1.54, 1.807) is 11.8 Å². The summed E-state index contributed by atoms with van der Waals surface area (Å²) in [6.07, 6.45) is 3.75. The summed E-state index contributed by atoms with van der Waals surface area (Å²) in [4.78, 5) is 18.7. The maximum Gasteiger partial charge on any atom is 0.164 e. The molecule has 1 aliphatic carbocycles. The van der Waals surface area contributed by atoms with Gasteiger partial charge in [-0.1, -0.05) is 51.1 Å². The van der Waals surface area contributed by atoms with Crippen LogP contribution in [-0.4, -0.2) is 18.8 Å². The average Bonchev–Trinajstić information content (AvgIpc) is 2.64. The standard InChI is InChI=1S/C21H26N2OS/c1-6-21(15-10-8-7-9-11-15)16-17(13(2)12-14(3)18(16)24)23-20(22-4)19(21)25-5/h7-11,13-14,23H,4,6,12H2,1-3,5H3. The van der Waals surface area contributed by atoms with Gasteiger partial charge in [-0.2, -0.15) is 0 Å². The third kappa shape index (κ3) is 2.58. The zero-order chi connectivity index (χ0) is 18.2. The smallest absolute Gasteiger partial charge is 0.164 e. The highest BCUT2D eigenvalue weighted by Gasteiger charge is 2.50. The number of dihydropyridines is 1. The van der Waals surface area contributed by atoms with Gasteiger partial charge < -0.3 is 5.32 Å². The third-order valence-electron chi connectivity index (χ3n) is 5.60. The van der Waals surface area contributed by atoms with E-state index in [0.29, 0.717) is 5.92 Å². The van der Waals surface area contributed by atoms with Crippen LogP contribution in [0.2, 0.25) is 0 Å². The van der Waals surface area contributed by atoms with Crippen molar-refractivity contribution in [2.24, 2.45) is 16.8 Å². The van der Waals surface area contributed by atoms with Gasteiger partial charge in [-0.15, -0.1) is 11.8 Å². The number of carbonyl (C=O) groups excluding carboxylic acids is 1. The lowest BCUT2D eigenvalue weighted by Crippen LogP contribution is -2.46. The van der Waals surface area contributed by atoms with Crippen molar-refractivity contribution < 1.29 is 4.79 Å². The Hall–Kier alpha value is -1.81. The van der Waals surface area contributed by atoms with Gasteiger partial charge in [-0.3, -0.25) is 4.79 Å². The van der Waals surface area contributed by atoms with Gasteiger partial charge >= 0.3 is 0 Å². The predicted octanol–water partition coefficient (Wildman–Crippen LogP) is 4.67. The first-order valence-corrected chi connectivity index (χ1v) is 10.1. The molecular weight excluding hydrogens is 328 g/mol. The number of rotatable bonds is 4. The molecule has 3 atom stereocenters. The van der Waals surface area contributed by atoms with Crippen molar-refractivity contribution in [3.8, 4) is 0 Å². The van der Waals surface area contributed by atoms with E-state index in [4.69, 9.17) is 0 Å². The van der Waals surface area contributed by atoms with Crippen molar-refractivity contribution in [1.29, 1.82) is 0 Å². The minimum absolute atomic E-state index is 0.0477. The lowest BCUT2D eigenvalue weighted by molar-refractivity contribution is -0.120. The summed E-state index contributed by atoms with van der Waals surface area (Å²) in [7, 11) is 0. The molecule has 2 aliphatic rings. The molecule has 1 heterocycles. The number of thioether (sulfide) groups is 1. The zero-order valence-electron chi connectivity index (χ0n) is 15.4. The molecule has 0 aromatic heterocycles. The molecule has 1 aliphatic heterocycles. The Morgan fingerprint density at radius 2 is 1.96 bits per heavy atom. The van der Waals surface area contributed by atoms with Gasteiger partial charge in [0.15, 0.2) is 5.78 Å². The van der Waals surface area contributed by atoms with Crippen LogP contribution >= 0.6 is 11.8 Å². The second-order valence-corrected chi connectivity index (χ2v) is 7.80. The summed E-state index contributed by atoms with van der Waals surface area (Å²) in [5.74, 6) is 1.41. The van der Waals surface area contributed by atoms with Crippen LogP contribution in [0.25, 0.3) is 0 Å². The van der Waals surface area contributed by atoms with E-state index in [-0.39, 0.29) is 11.7 Å². The van der Waals surface area contributed by atoms with Crippen molar-refractivity contribution in [2.45, 2.75) is 39.0 Å². The van der Waals surface area contributed by atoms with Crippen LogP contribution in [-0.2, 0) is 10.2 Å². The molecule has 0 saturated heterocycles. The molecule has 3 nitrogen and oxygen atoms in total. The number of hydrogen-bond donors (Lipinski definition) is 1. The number of benzene rings is 1. The second kappa shape index (κ2) is 6.83. The van der Waals surface area contributed by atoms with E-state index in [0.717, 1.165) is 40.4 Å². The van der Waals surface area contributed by atoms with Crippen LogP contribution in [0.15, 0.2) is 57.3 Å². The van der Waals surface area contributed by atoms with Gasteiger partial charge in [-0.05, 0) is 37.3 Å². The van der Waals surface area contributed by atoms with Gasteiger partial charge in [-0.25, -0.2) is 4.99 Å². The van der Waals surface area contributed by atoms with E-state index >= 15 is 0 Å². The van der Waals surface area contributed by atoms with Crippen molar-refractivity contribution in [3.05, 3.63) is 57.9 Å². The molecule has 132 valence electrons. The monoisotopic (exact) mass is 354 g/mol. The lowest BCUT2D eigenvalue weighted by Gasteiger charge is -2.46. The fourth-order valence-corrected chi connectivity index (χ4v) is 5.45. The van der Waals surface area contributed by atoms with Crippen molar-refractivity contribution in [2.75, 3.05) is 6.26 Å². The first-order valence-electron chi connectivity index (χ1n) is 8.88. The molecule has 4 heteroatoms. The number of Topliss-reactive ketones (excluding diaryl/α,β-unsaturated/α-hetero) is 1. The zero-order valence-corrected chi connectivity index (χ0v) is 16.2. The Morgan fingerprint density at radius 1 is 1.28 bits per heavy atom. The predicted molar refractivity (Wildman–Crippen MR) is 107 cm³/mol. The number of allylic oxidation sites excluding steroid dienone is 3. The third-order valence-corrected chi connectivity index (χ3v) is 6.55. The minimum Gasteiger partial charge on any atom is -0.342 e. The van der Waals surface area contributed by atoms with Crippen LogP contribution < -0.4 is 5.32 Å². The quantitative estimate of drug-likeness (QED) is 0.799. The number of carbonyl (C=O) groups is 1. The van der Waals surface area contributed by atoms with E-state index in [1.807, 2.05) is 18.2 Å². The van der Waals surface area contributed by atoms with E-state index in [9.17, 15) is 4.79 Å². The van der Waals surface area contributed by atoms with Crippen LogP contribution in [0.5, 0.6) is 0 Å². The molecule has 3 rings (SSSR count). The number of hydrogen-bond acceptors (Lipinski definition) is 4. The molecule has 0 spiro atoms. The van der Waals surface area contributed by atoms with Gasteiger partial charge in [0.1, 0.15) is 5.82 Å². The van der Waals surface area contributed by atoms with Crippen LogP contribution in [0.3, 0.4) is 0 Å².